The molecule has 0 saturated heterocycles. The van der Waals surface area contributed by atoms with Crippen molar-refractivity contribution in [1.82, 2.24) is 14.5 Å². The minimum atomic E-state index is -1.02. The quantitative estimate of drug-likeness (QED) is 0.770. The fourth-order valence-electron chi connectivity index (χ4n) is 2.06. The van der Waals surface area contributed by atoms with Gasteiger partial charge in [-0.15, -0.1) is 11.3 Å². The van der Waals surface area contributed by atoms with E-state index in [1.54, 1.807) is 10.6 Å². The molecule has 0 aliphatic carbocycles. The number of fused-ring (bicyclic) bond motifs is 1. The molecule has 2 N–H and O–H groups in total. The van der Waals surface area contributed by atoms with Crippen molar-refractivity contribution < 1.29 is 9.90 Å². The highest BCUT2D eigenvalue weighted by Gasteiger charge is 2.11. The summed E-state index contributed by atoms with van der Waals surface area (Å²) in [5.41, 5.74) is 1.99. The van der Waals surface area contributed by atoms with Crippen molar-refractivity contribution in [3.05, 3.63) is 50.3 Å². The molecule has 102 valence electrons. The summed E-state index contributed by atoms with van der Waals surface area (Å²) in [4.78, 5) is 29.9. The molecular formula is C13H11N3O3S. The zero-order valence-electron chi connectivity index (χ0n) is 10.6. The van der Waals surface area contributed by atoms with Crippen molar-refractivity contribution in [2.24, 2.45) is 0 Å². The van der Waals surface area contributed by atoms with Gasteiger partial charge in [0.2, 0.25) is 0 Å². The molecule has 0 fully saturated rings. The maximum absolute atomic E-state index is 12.0. The summed E-state index contributed by atoms with van der Waals surface area (Å²) < 4.78 is 1.55. The third-order valence-electron chi connectivity index (χ3n) is 2.98. The lowest BCUT2D eigenvalue weighted by atomic mass is 10.2. The standard InChI is InChI=1S/C13H11N3O3S/c1-7-6-20-11(14-7)5-16-10-3-2-8(12(17)18)4-9(10)15-13(16)19/h2-4,6H,5H2,1H3,(H,15,19)(H,17,18). The fraction of sp³-hybridized carbons (Fsp3) is 0.154. The van der Waals surface area contributed by atoms with Crippen LogP contribution in [0.2, 0.25) is 0 Å². The molecule has 0 aliphatic heterocycles. The molecule has 0 spiro atoms. The Morgan fingerprint density at radius 1 is 1.50 bits per heavy atom. The van der Waals surface area contributed by atoms with E-state index in [0.717, 1.165) is 10.7 Å². The number of carboxylic acids is 1. The zero-order valence-corrected chi connectivity index (χ0v) is 11.4. The van der Waals surface area contributed by atoms with E-state index < -0.39 is 5.97 Å². The van der Waals surface area contributed by atoms with Crippen LogP contribution in [0.1, 0.15) is 21.1 Å². The van der Waals surface area contributed by atoms with Crippen molar-refractivity contribution >= 4 is 28.3 Å². The molecule has 0 amide bonds. The third-order valence-corrected chi connectivity index (χ3v) is 3.93. The summed E-state index contributed by atoms with van der Waals surface area (Å²) in [5.74, 6) is -1.02. The van der Waals surface area contributed by atoms with E-state index in [1.807, 2.05) is 12.3 Å². The van der Waals surface area contributed by atoms with Crippen LogP contribution < -0.4 is 5.69 Å². The van der Waals surface area contributed by atoms with Crippen molar-refractivity contribution in [2.75, 3.05) is 0 Å². The van der Waals surface area contributed by atoms with E-state index in [-0.39, 0.29) is 11.3 Å². The highest BCUT2D eigenvalue weighted by atomic mass is 32.1. The average Bonchev–Trinajstić information content (AvgIpc) is 2.94. The summed E-state index contributed by atoms with van der Waals surface area (Å²) in [6.45, 7) is 2.28. The van der Waals surface area contributed by atoms with Crippen LogP contribution >= 0.6 is 11.3 Å². The number of H-pyrrole nitrogens is 1. The number of rotatable bonds is 3. The number of thiazole rings is 1. The zero-order chi connectivity index (χ0) is 14.3. The Balaban J connectivity index is 2.09. The van der Waals surface area contributed by atoms with Gasteiger partial charge in [0.1, 0.15) is 5.01 Å². The first kappa shape index (κ1) is 12.6. The van der Waals surface area contributed by atoms with Crippen LogP contribution in [0, 0.1) is 6.92 Å². The minimum absolute atomic E-state index is 0.149. The summed E-state index contributed by atoms with van der Waals surface area (Å²) >= 11 is 1.49. The largest absolute Gasteiger partial charge is 0.478 e. The Morgan fingerprint density at radius 2 is 2.30 bits per heavy atom. The Labute approximate surface area is 117 Å². The van der Waals surface area contributed by atoms with Gasteiger partial charge in [-0.05, 0) is 25.1 Å². The maximum atomic E-state index is 12.0. The monoisotopic (exact) mass is 289 g/mol. The molecule has 6 nitrogen and oxygen atoms in total. The first-order chi connectivity index (χ1) is 9.54. The molecule has 0 unspecified atom stereocenters. The van der Waals surface area contributed by atoms with Gasteiger partial charge in [-0.2, -0.15) is 0 Å². The van der Waals surface area contributed by atoms with Crippen LogP contribution in [0.3, 0.4) is 0 Å². The van der Waals surface area contributed by atoms with E-state index in [0.29, 0.717) is 17.6 Å². The number of hydrogen-bond donors (Lipinski definition) is 2. The molecule has 0 atom stereocenters. The van der Waals surface area contributed by atoms with E-state index in [9.17, 15) is 9.59 Å². The van der Waals surface area contributed by atoms with Gasteiger partial charge in [0.25, 0.3) is 0 Å². The number of imidazole rings is 1. The molecule has 0 bridgehead atoms. The number of aromatic nitrogens is 3. The molecule has 0 radical (unpaired) electrons. The van der Waals surface area contributed by atoms with Crippen LogP contribution in [-0.4, -0.2) is 25.6 Å². The lowest BCUT2D eigenvalue weighted by Crippen LogP contribution is -2.17. The topological polar surface area (TPSA) is 88.0 Å². The lowest BCUT2D eigenvalue weighted by molar-refractivity contribution is 0.0697. The van der Waals surface area contributed by atoms with Crippen LogP contribution in [0.25, 0.3) is 11.0 Å². The van der Waals surface area contributed by atoms with Gasteiger partial charge in [0.15, 0.2) is 0 Å². The smallest absolute Gasteiger partial charge is 0.335 e. The molecule has 3 rings (SSSR count). The third kappa shape index (κ3) is 2.12. The molecule has 0 saturated carbocycles. The molecule has 2 aromatic heterocycles. The SMILES string of the molecule is Cc1csc(Cn2c(=O)[nH]c3cc(C(=O)O)ccc32)n1. The van der Waals surface area contributed by atoms with Crippen LogP contribution in [0.15, 0.2) is 28.4 Å². The van der Waals surface area contributed by atoms with Crippen molar-refractivity contribution in [2.45, 2.75) is 13.5 Å². The lowest BCUT2D eigenvalue weighted by Gasteiger charge is -2.00. The number of aromatic amines is 1. The van der Waals surface area contributed by atoms with Gasteiger partial charge < -0.3 is 10.1 Å². The van der Waals surface area contributed by atoms with E-state index >= 15 is 0 Å². The van der Waals surface area contributed by atoms with E-state index in [4.69, 9.17) is 5.11 Å². The Kier molecular flexibility index (Phi) is 2.90. The van der Waals surface area contributed by atoms with Crippen molar-refractivity contribution in [3.8, 4) is 0 Å². The van der Waals surface area contributed by atoms with Gasteiger partial charge in [-0.25, -0.2) is 14.6 Å². The number of nitrogens with zero attached hydrogens (tertiary/aromatic N) is 2. The Morgan fingerprint density at radius 3 is 2.95 bits per heavy atom. The first-order valence-corrected chi connectivity index (χ1v) is 6.79. The molecule has 3 aromatic rings. The molecule has 0 aliphatic rings. The number of aromatic carboxylic acids is 1. The molecule has 7 heteroatoms. The molecule has 20 heavy (non-hydrogen) atoms. The molecule has 1 aromatic carbocycles. The highest BCUT2D eigenvalue weighted by molar-refractivity contribution is 7.09. The normalized spacial score (nSPS) is 11.1. The fourth-order valence-corrected chi connectivity index (χ4v) is 2.82. The van der Waals surface area contributed by atoms with E-state index in [1.165, 1.54) is 23.5 Å². The maximum Gasteiger partial charge on any atom is 0.335 e. The number of carbonyl (C=O) groups is 1. The number of carboxylic acid groups (broad SMARTS) is 1. The predicted octanol–water partition coefficient (Wildman–Crippen LogP) is 1.84. The summed E-state index contributed by atoms with van der Waals surface area (Å²) in [6.07, 6.45) is 0. The molecule has 2 heterocycles. The van der Waals surface area contributed by atoms with Gasteiger partial charge in [-0.1, -0.05) is 0 Å². The van der Waals surface area contributed by atoms with Gasteiger partial charge >= 0.3 is 11.7 Å². The number of nitrogens with one attached hydrogen (secondary N) is 1. The Bertz CT molecular complexity index is 859. The van der Waals surface area contributed by atoms with E-state index in [2.05, 4.69) is 9.97 Å². The summed E-state index contributed by atoms with van der Waals surface area (Å²) in [6, 6.07) is 4.58. The van der Waals surface area contributed by atoms with Gasteiger partial charge in [0, 0.05) is 11.1 Å². The van der Waals surface area contributed by atoms with Gasteiger partial charge in [0.05, 0.1) is 23.1 Å². The second-order valence-electron chi connectivity index (χ2n) is 4.44. The van der Waals surface area contributed by atoms with Crippen molar-refractivity contribution in [3.63, 3.8) is 0 Å². The summed E-state index contributed by atoms with van der Waals surface area (Å²) in [5, 5.41) is 11.7. The van der Waals surface area contributed by atoms with Gasteiger partial charge in [-0.3, -0.25) is 4.57 Å². The number of benzene rings is 1. The van der Waals surface area contributed by atoms with Crippen LogP contribution in [-0.2, 0) is 6.54 Å². The van der Waals surface area contributed by atoms with Crippen LogP contribution in [0.4, 0.5) is 0 Å². The van der Waals surface area contributed by atoms with Crippen molar-refractivity contribution in [1.29, 1.82) is 0 Å². The minimum Gasteiger partial charge on any atom is -0.478 e. The second kappa shape index (κ2) is 4.61. The molecular weight excluding hydrogens is 278 g/mol. The Hall–Kier alpha value is -2.41. The predicted molar refractivity (Wildman–Crippen MR) is 75.5 cm³/mol. The highest BCUT2D eigenvalue weighted by Crippen LogP contribution is 2.16. The summed E-state index contributed by atoms with van der Waals surface area (Å²) in [7, 11) is 0. The average molecular weight is 289 g/mol. The van der Waals surface area contributed by atoms with Crippen LogP contribution in [0.5, 0.6) is 0 Å². The first-order valence-electron chi connectivity index (χ1n) is 5.91. The second-order valence-corrected chi connectivity index (χ2v) is 5.38. The number of aryl methyl sites for hydroxylation is 1. The number of hydrogen-bond acceptors (Lipinski definition) is 4.